The van der Waals surface area contributed by atoms with Crippen LogP contribution < -0.4 is 10.1 Å². The molecule has 0 fully saturated rings. The Hall–Kier alpha value is -2.44. The van der Waals surface area contributed by atoms with E-state index >= 15 is 0 Å². The maximum Gasteiger partial charge on any atom is 0.408 e. The van der Waals surface area contributed by atoms with Gasteiger partial charge in [-0.25, -0.2) is 9.59 Å². The molecule has 1 aromatic carbocycles. The van der Waals surface area contributed by atoms with Crippen LogP contribution in [-0.4, -0.2) is 34.5 Å². The van der Waals surface area contributed by atoms with Gasteiger partial charge in [0.1, 0.15) is 23.7 Å². The highest BCUT2D eigenvalue weighted by Crippen LogP contribution is 2.39. The fourth-order valence-corrected chi connectivity index (χ4v) is 2.06. The van der Waals surface area contributed by atoms with Gasteiger partial charge in [-0.05, 0) is 32.9 Å². The molecule has 1 unspecified atom stereocenters. The zero-order valence-corrected chi connectivity index (χ0v) is 12.0. The molecule has 21 heavy (non-hydrogen) atoms. The Morgan fingerprint density at radius 3 is 2.62 bits per heavy atom. The van der Waals surface area contributed by atoms with Crippen molar-refractivity contribution in [2.75, 3.05) is 6.61 Å². The zero-order valence-electron chi connectivity index (χ0n) is 12.0. The van der Waals surface area contributed by atoms with Crippen LogP contribution in [0.2, 0.25) is 0 Å². The van der Waals surface area contributed by atoms with E-state index in [4.69, 9.17) is 9.47 Å². The molecule has 2 rings (SSSR count). The number of carboxylic acids is 1. The summed E-state index contributed by atoms with van der Waals surface area (Å²) in [6.45, 7) is 4.76. The van der Waals surface area contributed by atoms with Gasteiger partial charge in [0.25, 0.3) is 0 Å². The molecule has 1 aliphatic rings. The van der Waals surface area contributed by atoms with Crippen molar-refractivity contribution < 1.29 is 29.3 Å². The number of aromatic hydroxyl groups is 1. The second kappa shape index (κ2) is 4.83. The number of alkyl carbamates (subject to hydrolysis) is 1. The van der Waals surface area contributed by atoms with Crippen LogP contribution >= 0.6 is 0 Å². The summed E-state index contributed by atoms with van der Waals surface area (Å²) in [7, 11) is 0. The molecule has 0 bridgehead atoms. The second-order valence-corrected chi connectivity index (χ2v) is 5.81. The maximum atomic E-state index is 11.9. The highest BCUT2D eigenvalue weighted by Gasteiger charge is 2.50. The summed E-state index contributed by atoms with van der Waals surface area (Å²) in [6, 6.07) is 4.04. The van der Waals surface area contributed by atoms with Crippen molar-refractivity contribution in [1.82, 2.24) is 5.32 Å². The van der Waals surface area contributed by atoms with Crippen molar-refractivity contribution in [3.63, 3.8) is 0 Å². The van der Waals surface area contributed by atoms with Gasteiger partial charge in [0.15, 0.2) is 0 Å². The van der Waals surface area contributed by atoms with E-state index < -0.39 is 23.2 Å². The number of phenols is 1. The Morgan fingerprint density at radius 2 is 2.05 bits per heavy atom. The summed E-state index contributed by atoms with van der Waals surface area (Å²) in [6.07, 6.45) is -0.852. The first-order chi connectivity index (χ1) is 9.64. The largest absolute Gasteiger partial charge is 0.508 e. The minimum atomic E-state index is -1.73. The molecule has 0 aliphatic carbocycles. The van der Waals surface area contributed by atoms with E-state index in [0.29, 0.717) is 0 Å². The Morgan fingerprint density at radius 1 is 1.38 bits per heavy atom. The number of hydrogen-bond acceptors (Lipinski definition) is 5. The third kappa shape index (κ3) is 2.86. The summed E-state index contributed by atoms with van der Waals surface area (Å²) in [4.78, 5) is 23.6. The summed E-state index contributed by atoms with van der Waals surface area (Å²) in [5.41, 5.74) is -2.22. The summed E-state index contributed by atoms with van der Waals surface area (Å²) in [5.74, 6) is -1.10. The van der Waals surface area contributed by atoms with Gasteiger partial charge in [-0.3, -0.25) is 5.32 Å². The van der Waals surface area contributed by atoms with Gasteiger partial charge >= 0.3 is 12.1 Å². The molecule has 1 aliphatic heterocycles. The lowest BCUT2D eigenvalue weighted by atomic mass is 9.92. The van der Waals surface area contributed by atoms with Crippen molar-refractivity contribution in [2.24, 2.45) is 0 Å². The fraction of sp³-hybridized carbons (Fsp3) is 0.429. The molecule has 0 saturated heterocycles. The minimum Gasteiger partial charge on any atom is -0.508 e. The van der Waals surface area contributed by atoms with Gasteiger partial charge in [0.2, 0.25) is 5.54 Å². The number of carbonyl (C=O) groups is 2. The van der Waals surface area contributed by atoms with E-state index in [1.54, 1.807) is 20.8 Å². The number of nitrogens with one attached hydrogen (secondary N) is 1. The average molecular weight is 295 g/mol. The molecular formula is C14H17NO6. The van der Waals surface area contributed by atoms with E-state index in [0.717, 1.165) is 0 Å². The van der Waals surface area contributed by atoms with Crippen LogP contribution in [0.25, 0.3) is 0 Å². The van der Waals surface area contributed by atoms with Crippen LogP contribution in [0, 0.1) is 0 Å². The first kappa shape index (κ1) is 15.0. The van der Waals surface area contributed by atoms with Gasteiger partial charge in [-0.2, -0.15) is 0 Å². The van der Waals surface area contributed by atoms with Crippen LogP contribution in [-0.2, 0) is 15.1 Å². The van der Waals surface area contributed by atoms with E-state index in [9.17, 15) is 19.8 Å². The van der Waals surface area contributed by atoms with Crippen LogP contribution in [0.4, 0.5) is 4.79 Å². The number of hydrogen-bond donors (Lipinski definition) is 3. The van der Waals surface area contributed by atoms with Crippen molar-refractivity contribution >= 4 is 12.1 Å². The van der Waals surface area contributed by atoms with Gasteiger partial charge in [-0.15, -0.1) is 0 Å². The third-order valence-corrected chi connectivity index (χ3v) is 2.95. The second-order valence-electron chi connectivity index (χ2n) is 5.81. The molecule has 1 aromatic rings. The van der Waals surface area contributed by atoms with Gasteiger partial charge < -0.3 is 19.7 Å². The molecule has 0 aromatic heterocycles. The number of fused-ring (bicyclic) bond motifs is 1. The SMILES string of the molecule is CC(C)(C)OC(=O)NC1(C(=O)O)COc2cc(O)ccc21. The quantitative estimate of drug-likeness (QED) is 0.765. The monoisotopic (exact) mass is 295 g/mol. The van der Waals surface area contributed by atoms with Crippen molar-refractivity contribution in [3.05, 3.63) is 23.8 Å². The highest BCUT2D eigenvalue weighted by molar-refractivity contribution is 5.88. The zero-order chi connectivity index (χ0) is 15.8. The van der Waals surface area contributed by atoms with E-state index in [2.05, 4.69) is 5.32 Å². The molecular weight excluding hydrogens is 278 g/mol. The molecule has 7 nitrogen and oxygen atoms in total. The first-order valence-corrected chi connectivity index (χ1v) is 6.35. The normalized spacial score (nSPS) is 20.3. The fourth-order valence-electron chi connectivity index (χ4n) is 2.06. The highest BCUT2D eigenvalue weighted by atomic mass is 16.6. The van der Waals surface area contributed by atoms with Crippen LogP contribution in [0.1, 0.15) is 26.3 Å². The summed E-state index contributed by atoms with van der Waals surface area (Å²) in [5, 5.41) is 21.3. The number of benzene rings is 1. The van der Waals surface area contributed by atoms with E-state index in [1.807, 2.05) is 0 Å². The van der Waals surface area contributed by atoms with E-state index in [-0.39, 0.29) is 23.7 Å². The maximum absolute atomic E-state index is 11.9. The smallest absolute Gasteiger partial charge is 0.408 e. The Labute approximate surface area is 121 Å². The number of ether oxygens (including phenoxy) is 2. The molecule has 1 amide bonds. The number of amides is 1. The number of rotatable bonds is 2. The van der Waals surface area contributed by atoms with Crippen LogP contribution in [0.5, 0.6) is 11.5 Å². The van der Waals surface area contributed by atoms with Gasteiger partial charge in [0.05, 0.1) is 0 Å². The molecule has 0 radical (unpaired) electrons. The topological polar surface area (TPSA) is 105 Å². The molecule has 1 heterocycles. The lowest BCUT2D eigenvalue weighted by molar-refractivity contribution is -0.145. The summed E-state index contributed by atoms with van der Waals surface area (Å²) < 4.78 is 10.4. The van der Waals surface area contributed by atoms with Gasteiger partial charge in [-0.1, -0.05) is 0 Å². The summed E-state index contributed by atoms with van der Waals surface area (Å²) >= 11 is 0. The van der Waals surface area contributed by atoms with Crippen LogP contribution in [0.3, 0.4) is 0 Å². The Kier molecular flexibility index (Phi) is 3.44. The molecule has 0 spiro atoms. The molecule has 114 valence electrons. The van der Waals surface area contributed by atoms with Crippen molar-refractivity contribution in [1.29, 1.82) is 0 Å². The Balaban J connectivity index is 2.33. The lowest BCUT2D eigenvalue weighted by Gasteiger charge is -2.27. The third-order valence-electron chi connectivity index (χ3n) is 2.95. The number of aliphatic carboxylic acids is 1. The predicted molar refractivity (Wildman–Crippen MR) is 72.3 cm³/mol. The van der Waals surface area contributed by atoms with E-state index in [1.165, 1.54) is 18.2 Å². The molecule has 1 atom stereocenters. The Bertz CT molecular complexity index is 592. The molecule has 3 N–H and O–H groups in total. The number of carbonyl (C=O) groups excluding carboxylic acids is 1. The van der Waals surface area contributed by atoms with Crippen LogP contribution in [0.15, 0.2) is 18.2 Å². The molecule has 0 saturated carbocycles. The number of carboxylic acid groups (broad SMARTS) is 1. The average Bonchev–Trinajstić information content (AvgIpc) is 2.66. The predicted octanol–water partition coefficient (Wildman–Crippen LogP) is 1.59. The first-order valence-electron chi connectivity index (χ1n) is 6.35. The minimum absolute atomic E-state index is 0.0489. The standard InChI is InChI=1S/C14H17NO6/c1-13(2,3)21-12(19)15-14(11(17)18)7-20-10-6-8(16)4-5-9(10)14/h4-6,16H,7H2,1-3H3,(H,15,19)(H,17,18). The lowest BCUT2D eigenvalue weighted by Crippen LogP contribution is -2.54. The van der Waals surface area contributed by atoms with Crippen molar-refractivity contribution in [3.8, 4) is 11.5 Å². The molecule has 7 heteroatoms. The number of phenolic OH excluding ortho intramolecular Hbond substituents is 1. The van der Waals surface area contributed by atoms with Crippen molar-refractivity contribution in [2.45, 2.75) is 31.9 Å². The van der Waals surface area contributed by atoms with Gasteiger partial charge in [0, 0.05) is 11.6 Å².